The van der Waals surface area contributed by atoms with E-state index in [9.17, 15) is 0 Å². The van der Waals surface area contributed by atoms with E-state index < -0.39 is 0 Å². The molecule has 1 N–H and O–H groups in total. The second-order valence-corrected chi connectivity index (χ2v) is 6.66. The Hall–Kier alpha value is -0.670. The van der Waals surface area contributed by atoms with E-state index in [1.165, 1.54) is 24.8 Å². The number of thioether (sulfide) groups is 1. The number of benzene rings is 1. The summed E-state index contributed by atoms with van der Waals surface area (Å²) in [6.07, 6.45) is 6.41. The van der Waals surface area contributed by atoms with Gasteiger partial charge >= 0.3 is 0 Å². The maximum Gasteiger partial charge on any atom is 0.124 e. The topological polar surface area (TPSA) is 21.3 Å². The summed E-state index contributed by atoms with van der Waals surface area (Å²) in [6.45, 7) is 5.06. The Morgan fingerprint density at radius 3 is 2.79 bits per heavy atom. The molecule has 2 unspecified atom stereocenters. The summed E-state index contributed by atoms with van der Waals surface area (Å²) in [6, 6.07) is 9.02. The van der Waals surface area contributed by atoms with Crippen LogP contribution >= 0.6 is 11.8 Å². The Kier molecular flexibility index (Phi) is 5.59. The molecular formula is C16H25NOS. The van der Waals surface area contributed by atoms with Crippen LogP contribution in [0.1, 0.15) is 38.7 Å². The van der Waals surface area contributed by atoms with Gasteiger partial charge in [0.15, 0.2) is 0 Å². The predicted octanol–water partition coefficient (Wildman–Crippen LogP) is 3.85. The van der Waals surface area contributed by atoms with Gasteiger partial charge in [-0.05, 0) is 45.4 Å². The lowest BCUT2D eigenvalue weighted by atomic mass is 10.1. The predicted molar refractivity (Wildman–Crippen MR) is 84.0 cm³/mol. The van der Waals surface area contributed by atoms with Crippen molar-refractivity contribution in [1.29, 1.82) is 0 Å². The molecule has 1 aromatic carbocycles. The van der Waals surface area contributed by atoms with E-state index in [1.54, 1.807) is 0 Å². The SMILES string of the molecule is CSC1CCC(NCc2ccccc2OC(C)C)C1. The average Bonchev–Trinajstić information content (AvgIpc) is 2.85. The summed E-state index contributed by atoms with van der Waals surface area (Å²) in [5, 5.41) is 4.53. The molecule has 3 heteroatoms. The van der Waals surface area contributed by atoms with Crippen LogP contribution in [0.4, 0.5) is 0 Å². The zero-order valence-corrected chi connectivity index (χ0v) is 13.0. The van der Waals surface area contributed by atoms with Crippen molar-refractivity contribution in [2.24, 2.45) is 0 Å². The number of ether oxygens (including phenoxy) is 1. The molecule has 0 bridgehead atoms. The lowest BCUT2D eigenvalue weighted by molar-refractivity contribution is 0.239. The molecule has 1 saturated carbocycles. The van der Waals surface area contributed by atoms with Gasteiger partial charge in [-0.15, -0.1) is 0 Å². The summed E-state index contributed by atoms with van der Waals surface area (Å²) in [4.78, 5) is 0. The van der Waals surface area contributed by atoms with Crippen molar-refractivity contribution < 1.29 is 4.74 Å². The summed E-state index contributed by atoms with van der Waals surface area (Å²) in [5.74, 6) is 1.02. The molecule has 1 aliphatic rings. The lowest BCUT2D eigenvalue weighted by Crippen LogP contribution is -2.26. The standard InChI is InChI=1S/C16H25NOS/c1-12(2)18-16-7-5-4-6-13(16)11-17-14-8-9-15(10-14)19-3/h4-7,12,14-15,17H,8-11H2,1-3H3. The Bertz CT molecular complexity index is 394. The maximum atomic E-state index is 5.86. The second kappa shape index (κ2) is 7.20. The van der Waals surface area contributed by atoms with Gasteiger partial charge in [-0.2, -0.15) is 11.8 Å². The largest absolute Gasteiger partial charge is 0.491 e. The second-order valence-electron chi connectivity index (χ2n) is 5.52. The van der Waals surface area contributed by atoms with Gasteiger partial charge in [0.1, 0.15) is 5.75 Å². The third kappa shape index (κ3) is 4.43. The first-order valence-corrected chi connectivity index (χ1v) is 8.48. The summed E-state index contributed by atoms with van der Waals surface area (Å²) >= 11 is 2.00. The molecule has 0 aromatic heterocycles. The van der Waals surface area contributed by atoms with Crippen LogP contribution in [0.25, 0.3) is 0 Å². The lowest BCUT2D eigenvalue weighted by Gasteiger charge is -2.17. The van der Waals surface area contributed by atoms with Crippen molar-refractivity contribution in [2.45, 2.75) is 57.1 Å². The van der Waals surface area contributed by atoms with Crippen LogP contribution in [0.15, 0.2) is 24.3 Å². The number of hydrogen-bond donors (Lipinski definition) is 1. The fraction of sp³-hybridized carbons (Fsp3) is 0.625. The fourth-order valence-corrected chi connectivity index (χ4v) is 3.41. The van der Waals surface area contributed by atoms with E-state index in [1.807, 2.05) is 17.8 Å². The zero-order valence-electron chi connectivity index (χ0n) is 12.2. The normalized spacial score (nSPS) is 22.9. The molecule has 1 fully saturated rings. The highest BCUT2D eigenvalue weighted by molar-refractivity contribution is 7.99. The van der Waals surface area contributed by atoms with Crippen molar-refractivity contribution >= 4 is 11.8 Å². The van der Waals surface area contributed by atoms with Gasteiger partial charge in [-0.25, -0.2) is 0 Å². The summed E-state index contributed by atoms with van der Waals surface area (Å²) in [5.41, 5.74) is 1.27. The minimum atomic E-state index is 0.230. The van der Waals surface area contributed by atoms with E-state index in [0.717, 1.165) is 17.5 Å². The van der Waals surface area contributed by atoms with E-state index in [4.69, 9.17) is 4.74 Å². The molecule has 0 spiro atoms. The van der Waals surface area contributed by atoms with Crippen molar-refractivity contribution in [3.8, 4) is 5.75 Å². The van der Waals surface area contributed by atoms with Gasteiger partial charge in [0.25, 0.3) is 0 Å². The third-order valence-corrected chi connectivity index (χ3v) is 4.73. The van der Waals surface area contributed by atoms with E-state index >= 15 is 0 Å². The van der Waals surface area contributed by atoms with Gasteiger partial charge in [0.2, 0.25) is 0 Å². The smallest absolute Gasteiger partial charge is 0.124 e. The van der Waals surface area contributed by atoms with Gasteiger partial charge in [0.05, 0.1) is 6.10 Å². The number of para-hydroxylation sites is 1. The van der Waals surface area contributed by atoms with Crippen LogP contribution in [-0.4, -0.2) is 23.7 Å². The van der Waals surface area contributed by atoms with Crippen molar-refractivity contribution in [2.75, 3.05) is 6.26 Å². The molecule has 106 valence electrons. The Balaban J connectivity index is 1.89. The Labute approximate surface area is 121 Å². The monoisotopic (exact) mass is 279 g/mol. The number of nitrogens with one attached hydrogen (secondary N) is 1. The molecule has 0 heterocycles. The quantitative estimate of drug-likeness (QED) is 0.854. The van der Waals surface area contributed by atoms with Crippen LogP contribution < -0.4 is 10.1 Å². The third-order valence-electron chi connectivity index (χ3n) is 3.63. The molecule has 1 aromatic rings. The summed E-state index contributed by atoms with van der Waals surface area (Å²) in [7, 11) is 0. The van der Waals surface area contributed by atoms with Crippen LogP contribution in [-0.2, 0) is 6.54 Å². The van der Waals surface area contributed by atoms with Crippen molar-refractivity contribution in [3.63, 3.8) is 0 Å². The molecule has 19 heavy (non-hydrogen) atoms. The molecule has 0 amide bonds. The molecule has 1 aliphatic carbocycles. The van der Waals surface area contributed by atoms with Gasteiger partial charge in [0, 0.05) is 23.4 Å². The maximum absolute atomic E-state index is 5.86. The zero-order chi connectivity index (χ0) is 13.7. The minimum Gasteiger partial charge on any atom is -0.491 e. The highest BCUT2D eigenvalue weighted by Gasteiger charge is 2.23. The van der Waals surface area contributed by atoms with E-state index in [-0.39, 0.29) is 6.10 Å². The van der Waals surface area contributed by atoms with Crippen LogP contribution in [0, 0.1) is 0 Å². The van der Waals surface area contributed by atoms with Crippen molar-refractivity contribution in [1.82, 2.24) is 5.32 Å². The molecule has 0 aliphatic heterocycles. The van der Waals surface area contributed by atoms with Crippen molar-refractivity contribution in [3.05, 3.63) is 29.8 Å². The first-order chi connectivity index (χ1) is 9.19. The van der Waals surface area contributed by atoms with Gasteiger partial charge in [-0.3, -0.25) is 0 Å². The Morgan fingerprint density at radius 1 is 1.32 bits per heavy atom. The van der Waals surface area contributed by atoms with E-state index in [2.05, 4.69) is 43.6 Å². The highest BCUT2D eigenvalue weighted by Crippen LogP contribution is 2.28. The average molecular weight is 279 g/mol. The first kappa shape index (κ1) is 14.7. The van der Waals surface area contributed by atoms with E-state index in [0.29, 0.717) is 6.04 Å². The molecular weight excluding hydrogens is 254 g/mol. The van der Waals surface area contributed by atoms with Gasteiger partial charge in [-0.1, -0.05) is 18.2 Å². The number of hydrogen-bond acceptors (Lipinski definition) is 3. The molecule has 0 saturated heterocycles. The molecule has 2 nitrogen and oxygen atoms in total. The first-order valence-electron chi connectivity index (χ1n) is 7.19. The Morgan fingerprint density at radius 2 is 2.11 bits per heavy atom. The molecule has 0 radical (unpaired) electrons. The van der Waals surface area contributed by atoms with Crippen LogP contribution in [0.3, 0.4) is 0 Å². The minimum absolute atomic E-state index is 0.230. The van der Waals surface area contributed by atoms with Crippen LogP contribution in [0.5, 0.6) is 5.75 Å². The van der Waals surface area contributed by atoms with Crippen LogP contribution in [0.2, 0.25) is 0 Å². The summed E-state index contributed by atoms with van der Waals surface area (Å²) < 4.78 is 5.86. The highest BCUT2D eigenvalue weighted by atomic mass is 32.2. The molecule has 2 rings (SSSR count). The number of rotatable bonds is 6. The fourth-order valence-electron chi connectivity index (χ4n) is 2.61. The molecule has 2 atom stereocenters. The van der Waals surface area contributed by atoms with Gasteiger partial charge < -0.3 is 10.1 Å².